The molecule has 0 saturated heterocycles. The van der Waals surface area contributed by atoms with Crippen LogP contribution in [0.25, 0.3) is 0 Å². The zero-order chi connectivity index (χ0) is 13.7. The van der Waals surface area contributed by atoms with E-state index in [9.17, 15) is 4.79 Å². The Balaban J connectivity index is 2.00. The number of hydrogen-bond acceptors (Lipinski definition) is 3. The number of carboxylic acid groups (broad SMARTS) is 1. The predicted octanol–water partition coefficient (Wildman–Crippen LogP) is 3.52. The summed E-state index contributed by atoms with van der Waals surface area (Å²) in [6.07, 6.45) is 1.51. The number of aryl methyl sites for hydroxylation is 1. The Hall–Kier alpha value is -1.81. The van der Waals surface area contributed by atoms with Gasteiger partial charge in [-0.3, -0.25) is 0 Å². The van der Waals surface area contributed by atoms with Crippen molar-refractivity contribution in [3.63, 3.8) is 0 Å². The molecule has 4 heteroatoms. The van der Waals surface area contributed by atoms with Crippen LogP contribution in [-0.2, 0) is 11.5 Å². The summed E-state index contributed by atoms with van der Waals surface area (Å²) in [5.74, 6) is 0.567. The molecule has 0 radical (unpaired) electrons. The molecule has 0 saturated carbocycles. The molecule has 0 unspecified atom stereocenters. The van der Waals surface area contributed by atoms with Gasteiger partial charge in [-0.25, -0.2) is 9.78 Å². The second-order valence-corrected chi connectivity index (χ2v) is 5.22. The number of hydrogen-bond donors (Lipinski definition) is 1. The molecule has 0 aliphatic carbocycles. The van der Waals surface area contributed by atoms with Gasteiger partial charge in [-0.05, 0) is 29.7 Å². The summed E-state index contributed by atoms with van der Waals surface area (Å²) >= 11 is 1.70. The van der Waals surface area contributed by atoms with Gasteiger partial charge in [0, 0.05) is 17.7 Å². The van der Waals surface area contributed by atoms with Crippen LogP contribution in [0.3, 0.4) is 0 Å². The Morgan fingerprint density at radius 2 is 1.84 bits per heavy atom. The van der Waals surface area contributed by atoms with E-state index in [1.807, 2.05) is 18.2 Å². The number of aromatic carboxylic acids is 1. The van der Waals surface area contributed by atoms with Crippen molar-refractivity contribution in [3.8, 4) is 0 Å². The summed E-state index contributed by atoms with van der Waals surface area (Å²) in [6.45, 7) is 2.09. The van der Waals surface area contributed by atoms with Gasteiger partial charge in [-0.1, -0.05) is 30.3 Å². The second-order valence-electron chi connectivity index (χ2n) is 4.24. The van der Waals surface area contributed by atoms with Gasteiger partial charge in [-0.2, -0.15) is 11.8 Å². The van der Waals surface area contributed by atoms with Crippen LogP contribution in [0.1, 0.15) is 27.2 Å². The molecule has 1 aromatic heterocycles. The lowest BCUT2D eigenvalue weighted by Gasteiger charge is -2.07. The van der Waals surface area contributed by atoms with Crippen LogP contribution < -0.4 is 0 Å². The Kier molecular flexibility index (Phi) is 4.58. The maximum absolute atomic E-state index is 11.0. The lowest BCUT2D eigenvalue weighted by molar-refractivity contribution is 0.0689. The summed E-state index contributed by atoms with van der Waals surface area (Å²) in [7, 11) is 0. The lowest BCUT2D eigenvalue weighted by atomic mass is 10.1. The minimum atomic E-state index is -0.966. The summed E-state index contributed by atoms with van der Waals surface area (Å²) in [6, 6.07) is 11.8. The molecule has 0 amide bonds. The molecule has 0 spiro atoms. The first kappa shape index (κ1) is 13.6. The van der Waals surface area contributed by atoms with Crippen LogP contribution >= 0.6 is 11.8 Å². The molecule has 98 valence electrons. The Labute approximate surface area is 116 Å². The highest BCUT2D eigenvalue weighted by Crippen LogP contribution is 2.21. The summed E-state index contributed by atoms with van der Waals surface area (Å²) < 4.78 is 0. The van der Waals surface area contributed by atoms with Crippen LogP contribution in [0, 0.1) is 6.92 Å². The minimum absolute atomic E-state index is 0.153. The fourth-order valence-corrected chi connectivity index (χ4v) is 2.89. The first-order valence-corrected chi connectivity index (χ1v) is 7.13. The fraction of sp³-hybridized carbons (Fsp3) is 0.200. The number of benzene rings is 1. The van der Waals surface area contributed by atoms with E-state index >= 15 is 0 Å². The van der Waals surface area contributed by atoms with Crippen molar-refractivity contribution in [2.24, 2.45) is 0 Å². The van der Waals surface area contributed by atoms with E-state index in [2.05, 4.69) is 24.0 Å². The smallest absolute Gasteiger partial charge is 0.354 e. The van der Waals surface area contributed by atoms with E-state index in [-0.39, 0.29) is 5.69 Å². The molecule has 0 fully saturated rings. The van der Waals surface area contributed by atoms with E-state index in [1.165, 1.54) is 17.3 Å². The average Bonchev–Trinajstić information content (AvgIpc) is 2.41. The number of carboxylic acids is 1. The topological polar surface area (TPSA) is 50.2 Å². The Morgan fingerprint density at radius 1 is 1.16 bits per heavy atom. The second kappa shape index (κ2) is 6.38. The molecule has 0 aliphatic rings. The molecule has 0 aliphatic heterocycles. The Morgan fingerprint density at radius 3 is 2.58 bits per heavy atom. The van der Waals surface area contributed by atoms with Crippen molar-refractivity contribution in [1.82, 2.24) is 4.98 Å². The van der Waals surface area contributed by atoms with Gasteiger partial charge in [0.05, 0.1) is 0 Å². The molecule has 0 bridgehead atoms. The number of carbonyl (C=O) groups is 1. The Bertz CT molecular complexity index is 584. The van der Waals surface area contributed by atoms with Crippen molar-refractivity contribution in [2.45, 2.75) is 18.4 Å². The molecule has 0 atom stereocenters. The predicted molar refractivity (Wildman–Crippen MR) is 77.4 cm³/mol. The zero-order valence-electron chi connectivity index (χ0n) is 10.7. The maximum Gasteiger partial charge on any atom is 0.354 e. The first-order chi connectivity index (χ1) is 9.18. The van der Waals surface area contributed by atoms with Crippen molar-refractivity contribution in [2.75, 3.05) is 0 Å². The summed E-state index contributed by atoms with van der Waals surface area (Å²) in [5.41, 5.74) is 3.47. The third kappa shape index (κ3) is 3.58. The highest BCUT2D eigenvalue weighted by molar-refractivity contribution is 7.97. The molecule has 19 heavy (non-hydrogen) atoms. The van der Waals surface area contributed by atoms with Gasteiger partial charge in [0.2, 0.25) is 0 Å². The van der Waals surface area contributed by atoms with Crippen molar-refractivity contribution < 1.29 is 9.90 Å². The highest BCUT2D eigenvalue weighted by atomic mass is 32.2. The first-order valence-electron chi connectivity index (χ1n) is 5.98. The molecule has 2 rings (SSSR count). The monoisotopic (exact) mass is 273 g/mol. The van der Waals surface area contributed by atoms with E-state index in [4.69, 9.17) is 5.11 Å². The van der Waals surface area contributed by atoms with Crippen molar-refractivity contribution in [1.29, 1.82) is 0 Å². The zero-order valence-corrected chi connectivity index (χ0v) is 11.5. The average molecular weight is 273 g/mol. The molecule has 1 aromatic carbocycles. The SMILES string of the molecule is Cc1ccccc1CSCc1cccnc1C(=O)O. The van der Waals surface area contributed by atoms with Crippen LogP contribution in [0.2, 0.25) is 0 Å². The molecule has 2 aromatic rings. The molecule has 1 heterocycles. The quantitative estimate of drug-likeness (QED) is 0.905. The highest BCUT2D eigenvalue weighted by Gasteiger charge is 2.10. The normalized spacial score (nSPS) is 10.4. The lowest BCUT2D eigenvalue weighted by Crippen LogP contribution is -2.04. The third-order valence-electron chi connectivity index (χ3n) is 2.87. The minimum Gasteiger partial charge on any atom is -0.477 e. The van der Waals surface area contributed by atoms with Crippen LogP contribution in [0.5, 0.6) is 0 Å². The van der Waals surface area contributed by atoms with Gasteiger partial charge < -0.3 is 5.11 Å². The van der Waals surface area contributed by atoms with Gasteiger partial charge >= 0.3 is 5.97 Å². The largest absolute Gasteiger partial charge is 0.477 e. The third-order valence-corrected chi connectivity index (χ3v) is 3.90. The number of nitrogens with zero attached hydrogens (tertiary/aromatic N) is 1. The van der Waals surface area contributed by atoms with E-state index < -0.39 is 5.97 Å². The van der Waals surface area contributed by atoms with Gasteiger partial charge in [0.25, 0.3) is 0 Å². The molecule has 3 nitrogen and oxygen atoms in total. The number of pyridine rings is 1. The van der Waals surface area contributed by atoms with Gasteiger partial charge in [-0.15, -0.1) is 0 Å². The van der Waals surface area contributed by atoms with E-state index in [1.54, 1.807) is 17.8 Å². The molecular formula is C15H15NO2S. The van der Waals surface area contributed by atoms with Gasteiger partial charge in [0.1, 0.15) is 0 Å². The number of aromatic nitrogens is 1. The van der Waals surface area contributed by atoms with Crippen molar-refractivity contribution in [3.05, 3.63) is 65.0 Å². The summed E-state index contributed by atoms with van der Waals surface area (Å²) in [5, 5.41) is 9.05. The summed E-state index contributed by atoms with van der Waals surface area (Å²) in [4.78, 5) is 14.9. The number of thioether (sulfide) groups is 1. The van der Waals surface area contributed by atoms with Crippen LogP contribution in [0.15, 0.2) is 42.6 Å². The van der Waals surface area contributed by atoms with Crippen molar-refractivity contribution >= 4 is 17.7 Å². The van der Waals surface area contributed by atoms with Crippen LogP contribution in [0.4, 0.5) is 0 Å². The van der Waals surface area contributed by atoms with E-state index in [0.29, 0.717) is 5.75 Å². The van der Waals surface area contributed by atoms with Gasteiger partial charge in [0.15, 0.2) is 5.69 Å². The standard InChI is InChI=1S/C15H15NO2S/c1-11-5-2-3-6-12(11)9-19-10-13-7-4-8-16-14(13)15(17)18/h2-8H,9-10H2,1H3,(H,17,18). The molecular weight excluding hydrogens is 258 g/mol. The van der Waals surface area contributed by atoms with Crippen LogP contribution in [-0.4, -0.2) is 16.1 Å². The fourth-order valence-electron chi connectivity index (χ4n) is 1.79. The maximum atomic E-state index is 11.0. The number of rotatable bonds is 5. The molecule has 1 N–H and O–H groups in total. The van der Waals surface area contributed by atoms with E-state index in [0.717, 1.165) is 11.3 Å².